The van der Waals surface area contributed by atoms with Crippen molar-refractivity contribution >= 4 is 27.5 Å². The maximum atomic E-state index is 13.0. The lowest BCUT2D eigenvalue weighted by Gasteiger charge is -2.09. The molecule has 0 radical (unpaired) electrons. The van der Waals surface area contributed by atoms with Crippen LogP contribution in [0.5, 0.6) is 0 Å². The number of esters is 1. The van der Waals surface area contributed by atoms with Crippen molar-refractivity contribution in [2.24, 2.45) is 0 Å². The number of aryl methyl sites for hydroxylation is 2. The minimum absolute atomic E-state index is 0.0215. The Kier molecular flexibility index (Phi) is 6.02. The Hall–Kier alpha value is -3.46. The fourth-order valence-electron chi connectivity index (χ4n) is 2.83. The third-order valence-electron chi connectivity index (χ3n) is 4.26. The first-order chi connectivity index (χ1) is 14.2. The molecule has 7 nitrogen and oxygen atoms in total. The number of sulfonamides is 1. The Morgan fingerprint density at radius 1 is 1.07 bits per heavy atom. The molecule has 0 aliphatic carbocycles. The number of carbonyl (C=O) groups excluding carboxylic acids is 2. The second-order valence-electron chi connectivity index (χ2n) is 6.63. The maximum Gasteiger partial charge on any atom is 0.338 e. The number of ketones is 1. The molecule has 0 unspecified atom stereocenters. The number of aromatic nitrogens is 1. The van der Waals surface area contributed by atoms with Crippen molar-refractivity contribution in [2.45, 2.75) is 18.7 Å². The second-order valence-corrected chi connectivity index (χ2v) is 8.31. The highest BCUT2D eigenvalue weighted by atomic mass is 32.2. The predicted molar refractivity (Wildman–Crippen MR) is 109 cm³/mol. The molecule has 0 saturated carbocycles. The van der Waals surface area contributed by atoms with Gasteiger partial charge in [-0.25, -0.2) is 17.6 Å². The summed E-state index contributed by atoms with van der Waals surface area (Å²) in [6.07, 6.45) is 0. The quantitative estimate of drug-likeness (QED) is 0.440. The van der Waals surface area contributed by atoms with Crippen LogP contribution < -0.4 is 4.72 Å². The molecular formula is C21H19FN2O5S. The van der Waals surface area contributed by atoms with Gasteiger partial charge in [0, 0.05) is 22.6 Å². The molecule has 9 heteroatoms. The molecule has 1 aromatic heterocycles. The van der Waals surface area contributed by atoms with Gasteiger partial charge in [0.2, 0.25) is 5.78 Å². The van der Waals surface area contributed by atoms with Gasteiger partial charge in [-0.2, -0.15) is 0 Å². The topological polar surface area (TPSA) is 105 Å². The lowest BCUT2D eigenvalue weighted by atomic mass is 10.1. The summed E-state index contributed by atoms with van der Waals surface area (Å²) in [5.41, 5.74) is 2.07. The molecule has 3 rings (SSSR count). The van der Waals surface area contributed by atoms with Crippen molar-refractivity contribution in [3.63, 3.8) is 0 Å². The van der Waals surface area contributed by atoms with Crippen LogP contribution in [0.2, 0.25) is 0 Å². The van der Waals surface area contributed by atoms with Crippen LogP contribution in [0.25, 0.3) is 0 Å². The highest BCUT2D eigenvalue weighted by molar-refractivity contribution is 7.92. The third kappa shape index (κ3) is 4.93. The van der Waals surface area contributed by atoms with E-state index in [1.54, 1.807) is 13.0 Å². The molecule has 0 atom stereocenters. The van der Waals surface area contributed by atoms with E-state index in [1.165, 1.54) is 30.3 Å². The van der Waals surface area contributed by atoms with Crippen molar-refractivity contribution in [1.82, 2.24) is 4.98 Å². The van der Waals surface area contributed by atoms with Crippen LogP contribution in [0.3, 0.4) is 0 Å². The molecule has 0 aliphatic heterocycles. The van der Waals surface area contributed by atoms with Crippen LogP contribution in [0.4, 0.5) is 10.1 Å². The lowest BCUT2D eigenvalue weighted by Crippen LogP contribution is -2.16. The van der Waals surface area contributed by atoms with Gasteiger partial charge in [-0.3, -0.25) is 9.52 Å². The summed E-state index contributed by atoms with van der Waals surface area (Å²) in [4.78, 5) is 27.4. The number of ether oxygens (including phenoxy) is 1. The molecule has 0 aliphatic rings. The van der Waals surface area contributed by atoms with Crippen LogP contribution in [-0.4, -0.2) is 31.8 Å². The van der Waals surface area contributed by atoms with Gasteiger partial charge >= 0.3 is 5.97 Å². The van der Waals surface area contributed by atoms with E-state index in [0.717, 1.165) is 23.9 Å². The molecule has 2 N–H and O–H groups in total. The number of hydrogen-bond acceptors (Lipinski definition) is 5. The number of H-pyrrole nitrogens is 1. The Morgan fingerprint density at radius 3 is 2.40 bits per heavy atom. The fourth-order valence-corrected chi connectivity index (χ4v) is 3.93. The van der Waals surface area contributed by atoms with Gasteiger partial charge in [-0.05, 0) is 62.4 Å². The summed E-state index contributed by atoms with van der Waals surface area (Å²) in [7, 11) is -4.01. The van der Waals surface area contributed by atoms with Gasteiger partial charge in [0.15, 0.2) is 6.61 Å². The van der Waals surface area contributed by atoms with Crippen LogP contribution in [0.1, 0.15) is 32.1 Å². The van der Waals surface area contributed by atoms with Crippen molar-refractivity contribution < 1.29 is 27.1 Å². The van der Waals surface area contributed by atoms with E-state index < -0.39 is 28.4 Å². The Balaban J connectivity index is 1.71. The zero-order valence-electron chi connectivity index (χ0n) is 16.2. The standard InChI is InChI=1S/C21H19FN2O5S/c1-13-10-19(14(2)23-13)20(25)12-29-21(26)15-4-3-5-18(11-15)30(27,28)24-17-8-6-16(22)7-9-17/h3-11,23-24H,12H2,1-2H3. The van der Waals surface area contributed by atoms with E-state index >= 15 is 0 Å². The molecule has 156 valence electrons. The molecule has 0 spiro atoms. The van der Waals surface area contributed by atoms with E-state index in [9.17, 15) is 22.4 Å². The largest absolute Gasteiger partial charge is 0.454 e. The Labute approximate surface area is 172 Å². The summed E-state index contributed by atoms with van der Waals surface area (Å²) in [5, 5.41) is 0. The van der Waals surface area contributed by atoms with Gasteiger partial charge in [0.05, 0.1) is 10.5 Å². The smallest absolute Gasteiger partial charge is 0.338 e. The molecular weight excluding hydrogens is 411 g/mol. The lowest BCUT2D eigenvalue weighted by molar-refractivity contribution is 0.0474. The van der Waals surface area contributed by atoms with Gasteiger partial charge in [0.1, 0.15) is 5.82 Å². The highest BCUT2D eigenvalue weighted by Crippen LogP contribution is 2.18. The second kappa shape index (κ2) is 8.50. The number of Topliss-reactive ketones (excluding diaryl/α,β-unsaturated/α-hetero) is 1. The first-order valence-electron chi connectivity index (χ1n) is 8.91. The van der Waals surface area contributed by atoms with E-state index in [2.05, 4.69) is 9.71 Å². The minimum Gasteiger partial charge on any atom is -0.454 e. The summed E-state index contributed by atoms with van der Waals surface area (Å²) in [5.74, 6) is -1.69. The molecule has 2 aromatic carbocycles. The van der Waals surface area contributed by atoms with Crippen molar-refractivity contribution in [3.8, 4) is 0 Å². The van der Waals surface area contributed by atoms with Crippen LogP contribution in [-0.2, 0) is 14.8 Å². The number of benzene rings is 2. The molecule has 0 saturated heterocycles. The van der Waals surface area contributed by atoms with Crippen molar-refractivity contribution in [1.29, 1.82) is 0 Å². The number of hydrogen-bond donors (Lipinski definition) is 2. The monoisotopic (exact) mass is 430 g/mol. The SMILES string of the molecule is Cc1cc(C(=O)COC(=O)c2cccc(S(=O)(=O)Nc3ccc(F)cc3)c2)c(C)[nH]1. The summed E-state index contributed by atoms with van der Waals surface area (Å²) in [6.45, 7) is 3.08. The number of anilines is 1. The van der Waals surface area contributed by atoms with Crippen molar-refractivity contribution in [3.05, 3.63) is 82.9 Å². The van der Waals surface area contributed by atoms with E-state index in [4.69, 9.17) is 4.74 Å². The number of rotatable bonds is 7. The van der Waals surface area contributed by atoms with Crippen LogP contribution in [0.15, 0.2) is 59.5 Å². The summed E-state index contributed by atoms with van der Waals surface area (Å²) < 4.78 is 45.4. The predicted octanol–water partition coefficient (Wildman–Crippen LogP) is 3.61. The highest BCUT2D eigenvalue weighted by Gasteiger charge is 2.19. The fraction of sp³-hybridized carbons (Fsp3) is 0.143. The summed E-state index contributed by atoms with van der Waals surface area (Å²) >= 11 is 0. The van der Waals surface area contributed by atoms with Gasteiger partial charge in [-0.15, -0.1) is 0 Å². The van der Waals surface area contributed by atoms with Crippen molar-refractivity contribution in [2.75, 3.05) is 11.3 Å². The average Bonchev–Trinajstić information content (AvgIpc) is 3.05. The average molecular weight is 430 g/mol. The zero-order chi connectivity index (χ0) is 21.9. The first kappa shape index (κ1) is 21.3. The summed E-state index contributed by atoms with van der Waals surface area (Å²) in [6, 6.07) is 11.7. The normalized spacial score (nSPS) is 11.2. The maximum absolute atomic E-state index is 13.0. The molecule has 3 aromatic rings. The van der Waals surface area contributed by atoms with Gasteiger partial charge in [0.25, 0.3) is 10.0 Å². The number of halogens is 1. The Bertz CT molecular complexity index is 1200. The van der Waals surface area contributed by atoms with E-state index in [1.807, 2.05) is 6.92 Å². The van der Waals surface area contributed by atoms with Gasteiger partial charge in [-0.1, -0.05) is 6.07 Å². The van der Waals surface area contributed by atoms with Crippen LogP contribution >= 0.6 is 0 Å². The Morgan fingerprint density at radius 2 is 1.77 bits per heavy atom. The molecule has 0 amide bonds. The van der Waals surface area contributed by atoms with E-state index in [0.29, 0.717) is 11.3 Å². The third-order valence-corrected chi connectivity index (χ3v) is 5.64. The van der Waals surface area contributed by atoms with Gasteiger partial charge < -0.3 is 9.72 Å². The number of aromatic amines is 1. The van der Waals surface area contributed by atoms with Crippen LogP contribution in [0, 0.1) is 19.7 Å². The number of carbonyl (C=O) groups is 2. The molecule has 0 bridgehead atoms. The number of nitrogens with one attached hydrogen (secondary N) is 2. The molecule has 30 heavy (non-hydrogen) atoms. The molecule has 0 fully saturated rings. The zero-order valence-corrected chi connectivity index (χ0v) is 17.0. The molecule has 1 heterocycles. The first-order valence-corrected chi connectivity index (χ1v) is 10.4. The van der Waals surface area contributed by atoms with E-state index in [-0.39, 0.29) is 21.9 Å². The minimum atomic E-state index is -4.01.